The summed E-state index contributed by atoms with van der Waals surface area (Å²) < 4.78 is 5.48. The lowest BCUT2D eigenvalue weighted by atomic mass is 9.74. The molecule has 1 fully saturated rings. The molecule has 1 N–H and O–H groups in total. The van der Waals surface area contributed by atoms with Crippen LogP contribution >= 0.6 is 23.2 Å². The predicted molar refractivity (Wildman–Crippen MR) is 94.3 cm³/mol. The van der Waals surface area contributed by atoms with Crippen LogP contribution in [0.5, 0.6) is 5.75 Å². The first-order valence-corrected chi connectivity index (χ1v) is 8.69. The molecular weight excluding hydrogens is 349 g/mol. The van der Waals surface area contributed by atoms with Crippen molar-refractivity contribution < 1.29 is 14.6 Å². The van der Waals surface area contributed by atoms with Crippen LogP contribution in [0.2, 0.25) is 10.0 Å². The molecule has 0 bridgehead atoms. The van der Waals surface area contributed by atoms with Crippen LogP contribution in [0.3, 0.4) is 0 Å². The highest BCUT2D eigenvalue weighted by molar-refractivity contribution is 6.42. The molecule has 4 nitrogen and oxygen atoms in total. The Hall–Kier alpha value is -1.23. The number of carbonyl (C=O) groups excluding carboxylic acids is 1. The molecule has 24 heavy (non-hydrogen) atoms. The largest absolute Gasteiger partial charge is 0.419 e. The summed E-state index contributed by atoms with van der Waals surface area (Å²) in [6.45, 7) is 6.27. The van der Waals surface area contributed by atoms with Gasteiger partial charge in [0.2, 0.25) is 0 Å². The Morgan fingerprint density at radius 3 is 2.67 bits per heavy atom. The van der Waals surface area contributed by atoms with E-state index in [0.29, 0.717) is 21.7 Å². The lowest BCUT2D eigenvalue weighted by Crippen LogP contribution is -2.53. The molecule has 2 aliphatic rings. The molecule has 1 aromatic carbocycles. The van der Waals surface area contributed by atoms with Crippen LogP contribution in [0.25, 0.3) is 0 Å². The van der Waals surface area contributed by atoms with E-state index in [0.717, 1.165) is 6.42 Å². The number of allylic oxidation sites excluding steroid dienone is 1. The van der Waals surface area contributed by atoms with Gasteiger partial charge in [0.25, 0.3) is 0 Å². The van der Waals surface area contributed by atoms with Crippen LogP contribution in [0.15, 0.2) is 30.5 Å². The van der Waals surface area contributed by atoms with Gasteiger partial charge in [0, 0.05) is 17.7 Å². The van der Waals surface area contributed by atoms with E-state index in [-0.39, 0.29) is 23.5 Å². The first-order valence-electron chi connectivity index (χ1n) is 7.93. The molecule has 3 rings (SSSR count). The van der Waals surface area contributed by atoms with E-state index < -0.39 is 6.09 Å². The molecule has 130 valence electrons. The minimum atomic E-state index is -0.484. The van der Waals surface area contributed by atoms with Gasteiger partial charge in [-0.2, -0.15) is 0 Å². The van der Waals surface area contributed by atoms with Crippen molar-refractivity contribution in [2.45, 2.75) is 33.2 Å². The number of nitrogens with zero attached hydrogens (tertiary/aromatic N) is 1. The van der Waals surface area contributed by atoms with Crippen molar-refractivity contribution in [3.8, 4) is 5.75 Å². The maximum atomic E-state index is 12.7. The Bertz CT molecular complexity index is 698. The van der Waals surface area contributed by atoms with E-state index in [1.165, 1.54) is 6.07 Å². The summed E-state index contributed by atoms with van der Waals surface area (Å²) in [7, 11) is 0. The lowest BCUT2D eigenvalue weighted by molar-refractivity contribution is 0.0323. The number of amides is 1. The van der Waals surface area contributed by atoms with Gasteiger partial charge in [-0.15, -0.1) is 0 Å². The number of aliphatic hydroxyl groups is 1. The van der Waals surface area contributed by atoms with E-state index in [9.17, 15) is 9.90 Å². The number of carbonyl (C=O) groups is 1. The third kappa shape index (κ3) is 2.92. The number of fused-ring (bicyclic) bond motifs is 1. The monoisotopic (exact) mass is 369 g/mol. The van der Waals surface area contributed by atoms with Gasteiger partial charge in [0.15, 0.2) is 0 Å². The molecule has 0 saturated heterocycles. The number of rotatable bonds is 2. The molecule has 0 radical (unpaired) electrons. The fraction of sp³-hybridized carbons (Fsp3) is 0.500. The van der Waals surface area contributed by atoms with Gasteiger partial charge in [-0.1, -0.05) is 50.0 Å². The zero-order chi connectivity index (χ0) is 17.7. The Morgan fingerprint density at radius 2 is 2.08 bits per heavy atom. The van der Waals surface area contributed by atoms with E-state index >= 15 is 0 Å². The van der Waals surface area contributed by atoms with E-state index in [4.69, 9.17) is 27.9 Å². The summed E-state index contributed by atoms with van der Waals surface area (Å²) in [5, 5.41) is 10.7. The highest BCUT2D eigenvalue weighted by Gasteiger charge is 2.64. The van der Waals surface area contributed by atoms with Gasteiger partial charge in [-0.25, -0.2) is 4.79 Å². The summed E-state index contributed by atoms with van der Waals surface area (Å²) in [6.07, 6.45) is 4.16. The first-order chi connectivity index (χ1) is 11.2. The summed E-state index contributed by atoms with van der Waals surface area (Å²) >= 11 is 11.9. The number of ether oxygens (including phenoxy) is 1. The molecule has 1 aromatic rings. The fourth-order valence-electron chi connectivity index (χ4n) is 3.89. The smallest absolute Gasteiger partial charge is 0.410 e. The number of halogens is 2. The minimum Gasteiger partial charge on any atom is -0.410 e. The SMILES string of the molecule is CC(C)(C)C1N(C(=O)Oc2ccc(Cl)c(Cl)c2)C=C[C@@H]2C[C@]12CO. The summed E-state index contributed by atoms with van der Waals surface area (Å²) in [5.74, 6) is 0.659. The van der Waals surface area contributed by atoms with E-state index in [2.05, 4.69) is 20.8 Å². The first kappa shape index (κ1) is 17.6. The summed E-state index contributed by atoms with van der Waals surface area (Å²) in [6, 6.07) is 4.57. The second-order valence-electron chi connectivity index (χ2n) is 7.66. The Morgan fingerprint density at radius 1 is 1.38 bits per heavy atom. The molecule has 1 heterocycles. The number of benzene rings is 1. The third-order valence-electron chi connectivity index (χ3n) is 4.90. The standard InChI is InChI=1S/C18H21Cl2NO3/c1-17(2,3)15-18(10-22)9-11(18)6-7-21(15)16(23)24-12-4-5-13(19)14(20)8-12/h4-8,11,15,22H,9-10H2,1-3H3/t11-,15?,18-/m1/s1. The van der Waals surface area contributed by atoms with Gasteiger partial charge in [0.05, 0.1) is 22.7 Å². The number of hydrogen-bond donors (Lipinski definition) is 1. The molecule has 0 spiro atoms. The van der Waals surface area contributed by atoms with Crippen LogP contribution in [-0.4, -0.2) is 28.7 Å². The molecule has 1 amide bonds. The molecule has 1 aliphatic carbocycles. The molecule has 0 aromatic heterocycles. The van der Waals surface area contributed by atoms with Crippen molar-refractivity contribution in [2.75, 3.05) is 6.61 Å². The van der Waals surface area contributed by atoms with E-state index in [1.807, 2.05) is 6.08 Å². The van der Waals surface area contributed by atoms with Gasteiger partial charge in [0.1, 0.15) is 5.75 Å². The van der Waals surface area contributed by atoms with Crippen molar-refractivity contribution in [1.82, 2.24) is 4.90 Å². The Labute approximate surface area is 152 Å². The summed E-state index contributed by atoms with van der Waals surface area (Å²) in [4.78, 5) is 14.3. The average molecular weight is 370 g/mol. The molecule has 3 atom stereocenters. The highest BCUT2D eigenvalue weighted by atomic mass is 35.5. The van der Waals surface area contributed by atoms with Gasteiger partial charge in [-0.05, 0) is 29.9 Å². The zero-order valence-corrected chi connectivity index (χ0v) is 15.4. The molecule has 6 heteroatoms. The maximum Gasteiger partial charge on any atom is 0.419 e. The highest BCUT2D eigenvalue weighted by Crippen LogP contribution is 2.62. The molecular formula is C18H21Cl2NO3. The molecule has 1 saturated carbocycles. The number of hydrogen-bond acceptors (Lipinski definition) is 3. The van der Waals surface area contributed by atoms with Crippen LogP contribution in [0.4, 0.5) is 4.79 Å². The second-order valence-corrected chi connectivity index (χ2v) is 8.48. The van der Waals surface area contributed by atoms with Gasteiger partial charge < -0.3 is 9.84 Å². The van der Waals surface area contributed by atoms with Crippen molar-refractivity contribution in [2.24, 2.45) is 16.7 Å². The maximum absolute atomic E-state index is 12.7. The Balaban J connectivity index is 1.86. The quantitative estimate of drug-likeness (QED) is 0.819. The van der Waals surface area contributed by atoms with Crippen molar-refractivity contribution >= 4 is 29.3 Å². The van der Waals surface area contributed by atoms with Crippen molar-refractivity contribution in [3.63, 3.8) is 0 Å². The lowest BCUT2D eigenvalue weighted by Gasteiger charge is -2.44. The predicted octanol–water partition coefficient (Wildman–Crippen LogP) is 4.73. The Kier molecular flexibility index (Phi) is 4.35. The average Bonchev–Trinajstić information content (AvgIpc) is 3.23. The number of aliphatic hydroxyl groups excluding tert-OH is 1. The van der Waals surface area contributed by atoms with Crippen LogP contribution in [0, 0.1) is 16.7 Å². The van der Waals surface area contributed by atoms with Gasteiger partial charge >= 0.3 is 6.09 Å². The fourth-order valence-corrected chi connectivity index (χ4v) is 4.18. The molecule has 1 aliphatic heterocycles. The third-order valence-corrected chi connectivity index (χ3v) is 5.64. The van der Waals surface area contributed by atoms with Crippen LogP contribution in [-0.2, 0) is 0 Å². The summed E-state index contributed by atoms with van der Waals surface area (Å²) in [5.41, 5.74) is -0.470. The zero-order valence-electron chi connectivity index (χ0n) is 13.9. The van der Waals surface area contributed by atoms with Crippen molar-refractivity contribution in [1.29, 1.82) is 0 Å². The van der Waals surface area contributed by atoms with Crippen LogP contribution in [0.1, 0.15) is 27.2 Å². The van der Waals surface area contributed by atoms with Crippen molar-refractivity contribution in [3.05, 3.63) is 40.5 Å². The second kappa shape index (κ2) is 5.94. The van der Waals surface area contributed by atoms with E-state index in [1.54, 1.807) is 23.2 Å². The van der Waals surface area contributed by atoms with Crippen LogP contribution < -0.4 is 4.74 Å². The molecule has 1 unspecified atom stereocenters. The normalized spacial score (nSPS) is 28.5. The minimum absolute atomic E-state index is 0.0560. The van der Waals surface area contributed by atoms with Gasteiger partial charge in [-0.3, -0.25) is 4.90 Å². The topological polar surface area (TPSA) is 49.8 Å².